The summed E-state index contributed by atoms with van der Waals surface area (Å²) in [6.07, 6.45) is 3.33. The smallest absolute Gasteiger partial charge is 0.316 e. The van der Waals surface area contributed by atoms with E-state index in [2.05, 4.69) is 5.10 Å². The molecule has 0 radical (unpaired) electrons. The molecule has 2 fully saturated rings. The maximum atomic E-state index is 13.0. The third-order valence-corrected chi connectivity index (χ3v) is 5.98. The lowest BCUT2D eigenvalue weighted by Gasteiger charge is -2.13. The molecule has 1 saturated carbocycles. The van der Waals surface area contributed by atoms with Crippen LogP contribution in [0.15, 0.2) is 59.8 Å². The zero-order valence-electron chi connectivity index (χ0n) is 15.1. The highest BCUT2D eigenvalue weighted by Crippen LogP contribution is 2.52. The quantitative estimate of drug-likeness (QED) is 0.450. The first-order chi connectivity index (χ1) is 13.8. The molecule has 3 aliphatic rings. The van der Waals surface area contributed by atoms with E-state index in [4.69, 9.17) is 0 Å². The van der Waals surface area contributed by atoms with Gasteiger partial charge in [0.1, 0.15) is 0 Å². The molecule has 1 aliphatic heterocycles. The molecule has 2 bridgehead atoms. The SMILES string of the molecule is O=C1[C@@H]2[C@H](C(=O)N1N=Cc1cccn1-c1cccc(C(F)(F)F)c1)[C@H]1C=C[C@H]2C1. The lowest BCUT2D eigenvalue weighted by molar-refractivity contribution is -0.141. The van der Waals surface area contributed by atoms with Crippen LogP contribution in [0.25, 0.3) is 5.69 Å². The van der Waals surface area contributed by atoms with Gasteiger partial charge in [0, 0.05) is 11.9 Å². The van der Waals surface area contributed by atoms with E-state index in [9.17, 15) is 22.8 Å². The minimum Gasteiger partial charge on any atom is -0.316 e. The van der Waals surface area contributed by atoms with Gasteiger partial charge < -0.3 is 4.57 Å². The zero-order valence-corrected chi connectivity index (χ0v) is 15.1. The van der Waals surface area contributed by atoms with Crippen LogP contribution in [-0.4, -0.2) is 27.6 Å². The van der Waals surface area contributed by atoms with Crippen molar-refractivity contribution < 1.29 is 22.8 Å². The third kappa shape index (κ3) is 2.73. The van der Waals surface area contributed by atoms with Gasteiger partial charge in [-0.2, -0.15) is 23.3 Å². The number of carbonyl (C=O) groups is 2. The molecule has 2 amide bonds. The second-order valence-electron chi connectivity index (χ2n) is 7.58. The largest absolute Gasteiger partial charge is 0.416 e. The molecule has 1 saturated heterocycles. The summed E-state index contributed by atoms with van der Waals surface area (Å²) in [7, 11) is 0. The predicted octanol–water partition coefficient (Wildman–Crippen LogP) is 3.64. The Balaban J connectivity index is 1.42. The molecule has 1 aromatic carbocycles. The van der Waals surface area contributed by atoms with Crippen LogP contribution in [-0.2, 0) is 15.8 Å². The Bertz CT molecular complexity index is 1040. The fourth-order valence-electron chi connectivity index (χ4n) is 4.68. The van der Waals surface area contributed by atoms with Crippen LogP contribution in [0.5, 0.6) is 0 Å². The van der Waals surface area contributed by atoms with Crippen molar-refractivity contribution in [3.05, 3.63) is 66.0 Å². The molecule has 5 rings (SSSR count). The Morgan fingerprint density at radius 2 is 1.69 bits per heavy atom. The molecular weight excluding hydrogens is 383 g/mol. The highest BCUT2D eigenvalue weighted by Gasteiger charge is 2.59. The maximum absolute atomic E-state index is 13.0. The molecule has 2 heterocycles. The number of hydrogen-bond acceptors (Lipinski definition) is 3. The van der Waals surface area contributed by atoms with Crippen LogP contribution in [0, 0.1) is 23.7 Å². The average molecular weight is 399 g/mol. The average Bonchev–Trinajstić information content (AvgIpc) is 3.45. The number of benzene rings is 1. The topological polar surface area (TPSA) is 54.7 Å². The Kier molecular flexibility index (Phi) is 3.81. The summed E-state index contributed by atoms with van der Waals surface area (Å²) < 4.78 is 40.5. The van der Waals surface area contributed by atoms with Crippen molar-refractivity contribution >= 4 is 18.0 Å². The van der Waals surface area contributed by atoms with Crippen LogP contribution >= 0.6 is 0 Å². The normalized spacial score (nSPS) is 28.2. The minimum atomic E-state index is -4.45. The first-order valence-electron chi connectivity index (χ1n) is 9.30. The molecule has 5 nitrogen and oxygen atoms in total. The number of allylic oxidation sites excluding steroid dienone is 2. The van der Waals surface area contributed by atoms with Gasteiger partial charge in [0.25, 0.3) is 11.8 Å². The summed E-state index contributed by atoms with van der Waals surface area (Å²) in [6.45, 7) is 0. The molecule has 2 aliphatic carbocycles. The summed E-state index contributed by atoms with van der Waals surface area (Å²) in [4.78, 5) is 25.4. The van der Waals surface area contributed by atoms with Crippen molar-refractivity contribution in [2.24, 2.45) is 28.8 Å². The summed E-state index contributed by atoms with van der Waals surface area (Å²) in [5.41, 5.74) is 0.0137. The summed E-state index contributed by atoms with van der Waals surface area (Å²) in [6, 6.07) is 8.23. The summed E-state index contributed by atoms with van der Waals surface area (Å²) in [5, 5.41) is 5.02. The number of hydrazone groups is 1. The molecule has 0 unspecified atom stereocenters. The van der Waals surface area contributed by atoms with Crippen molar-refractivity contribution in [3.8, 4) is 5.69 Å². The first kappa shape index (κ1) is 17.9. The van der Waals surface area contributed by atoms with Crippen LogP contribution in [0.4, 0.5) is 13.2 Å². The van der Waals surface area contributed by atoms with E-state index in [1.807, 2.05) is 12.2 Å². The highest BCUT2D eigenvalue weighted by molar-refractivity contribution is 6.06. The van der Waals surface area contributed by atoms with E-state index >= 15 is 0 Å². The number of nitrogens with zero attached hydrogens (tertiary/aromatic N) is 3. The number of halogens is 3. The lowest BCUT2D eigenvalue weighted by atomic mass is 9.85. The Morgan fingerprint density at radius 3 is 2.34 bits per heavy atom. The van der Waals surface area contributed by atoms with Crippen molar-refractivity contribution in [2.75, 3.05) is 0 Å². The summed E-state index contributed by atoms with van der Waals surface area (Å²) in [5.74, 6) is -1.10. The number of fused-ring (bicyclic) bond motifs is 5. The standard InChI is InChI=1S/C21H16F3N3O2/c22-21(23,24)14-3-1-4-15(10-14)26-8-2-5-16(26)11-25-27-19(28)17-12-6-7-13(9-12)18(17)20(27)29/h1-8,10-13,17-18H,9H2/t12-,13-,17-,18+/m0/s1. The number of aromatic nitrogens is 1. The number of rotatable bonds is 3. The van der Waals surface area contributed by atoms with Gasteiger partial charge in [-0.15, -0.1) is 0 Å². The van der Waals surface area contributed by atoms with E-state index < -0.39 is 11.7 Å². The van der Waals surface area contributed by atoms with Crippen molar-refractivity contribution in [1.82, 2.24) is 9.58 Å². The molecular formula is C21H16F3N3O2. The summed E-state index contributed by atoms with van der Waals surface area (Å²) >= 11 is 0. The molecule has 29 heavy (non-hydrogen) atoms. The van der Waals surface area contributed by atoms with Crippen LogP contribution in [0.3, 0.4) is 0 Å². The Morgan fingerprint density at radius 1 is 1.00 bits per heavy atom. The van der Waals surface area contributed by atoms with E-state index in [0.717, 1.165) is 23.6 Å². The van der Waals surface area contributed by atoms with Gasteiger partial charge >= 0.3 is 6.18 Å². The van der Waals surface area contributed by atoms with E-state index in [1.165, 1.54) is 16.8 Å². The zero-order chi connectivity index (χ0) is 20.3. The first-order valence-corrected chi connectivity index (χ1v) is 9.30. The number of alkyl halides is 3. The van der Waals surface area contributed by atoms with Crippen LogP contribution < -0.4 is 0 Å². The molecule has 2 aromatic rings. The molecule has 1 aromatic heterocycles. The van der Waals surface area contributed by atoms with Crippen molar-refractivity contribution in [1.29, 1.82) is 0 Å². The van der Waals surface area contributed by atoms with Gasteiger partial charge in [0.15, 0.2) is 0 Å². The van der Waals surface area contributed by atoms with Crippen molar-refractivity contribution in [3.63, 3.8) is 0 Å². The third-order valence-electron chi connectivity index (χ3n) is 5.98. The van der Waals surface area contributed by atoms with Gasteiger partial charge in [-0.25, -0.2) is 0 Å². The number of carbonyl (C=O) groups excluding carboxylic acids is 2. The Labute approximate surface area is 164 Å². The van der Waals surface area contributed by atoms with E-state index in [1.54, 1.807) is 24.4 Å². The van der Waals surface area contributed by atoms with Crippen molar-refractivity contribution in [2.45, 2.75) is 12.6 Å². The molecule has 4 atom stereocenters. The second-order valence-corrected chi connectivity index (χ2v) is 7.58. The highest BCUT2D eigenvalue weighted by atomic mass is 19.4. The number of amides is 2. The van der Waals surface area contributed by atoms with Gasteiger partial charge in [-0.3, -0.25) is 9.59 Å². The Hall–Kier alpha value is -3.16. The predicted molar refractivity (Wildman–Crippen MR) is 97.9 cm³/mol. The molecule has 0 spiro atoms. The molecule has 8 heteroatoms. The van der Waals surface area contributed by atoms with E-state index in [-0.39, 0.29) is 35.5 Å². The minimum absolute atomic E-state index is 0.0932. The maximum Gasteiger partial charge on any atom is 0.416 e. The van der Waals surface area contributed by atoms with Crippen LogP contribution in [0.1, 0.15) is 17.7 Å². The number of hydrogen-bond donors (Lipinski definition) is 0. The fourth-order valence-corrected chi connectivity index (χ4v) is 4.68. The van der Waals surface area contributed by atoms with Crippen LogP contribution in [0.2, 0.25) is 0 Å². The lowest BCUT2D eigenvalue weighted by Crippen LogP contribution is -2.28. The molecule has 148 valence electrons. The fraction of sp³-hybridized carbons (Fsp3) is 0.286. The second kappa shape index (κ2) is 6.17. The number of imide groups is 1. The van der Waals surface area contributed by atoms with Gasteiger partial charge in [0.2, 0.25) is 0 Å². The van der Waals surface area contributed by atoms with Gasteiger partial charge in [-0.1, -0.05) is 18.2 Å². The van der Waals surface area contributed by atoms with E-state index in [0.29, 0.717) is 11.4 Å². The monoisotopic (exact) mass is 399 g/mol. The molecule has 0 N–H and O–H groups in total. The van der Waals surface area contributed by atoms with Gasteiger partial charge in [0.05, 0.1) is 29.3 Å². The van der Waals surface area contributed by atoms with Gasteiger partial charge in [-0.05, 0) is 48.6 Å².